The molecule has 6 aromatic carbocycles. The van der Waals surface area contributed by atoms with Crippen LogP contribution < -0.4 is 0 Å². The van der Waals surface area contributed by atoms with Gasteiger partial charge in [0.1, 0.15) is 0 Å². The van der Waals surface area contributed by atoms with Crippen LogP contribution in [0.5, 0.6) is 0 Å². The Bertz CT molecular complexity index is 1690. The molecule has 0 spiro atoms. The van der Waals surface area contributed by atoms with E-state index in [1.807, 2.05) is 0 Å². The first kappa shape index (κ1) is 21.8. The summed E-state index contributed by atoms with van der Waals surface area (Å²) in [4.78, 5) is 0. The van der Waals surface area contributed by atoms with Gasteiger partial charge in [-0.15, -0.1) is 0 Å². The summed E-state index contributed by atoms with van der Waals surface area (Å²) < 4.78 is 0. The maximum Gasteiger partial charge on any atom is 0.0352 e. The second kappa shape index (κ2) is 9.22. The van der Waals surface area contributed by atoms with Crippen LogP contribution in [0.25, 0.3) is 33.0 Å². The molecule has 0 aliphatic heterocycles. The number of hydrogen-bond acceptors (Lipinski definition) is 0. The number of benzene rings is 6. The molecule has 1 aliphatic rings. The molecule has 0 fully saturated rings. The zero-order valence-corrected chi connectivity index (χ0v) is 20.8. The Morgan fingerprint density at radius 1 is 0.405 bits per heavy atom. The average Bonchev–Trinajstić information content (AvgIpc) is 2.98. The zero-order chi connectivity index (χ0) is 24.6. The normalized spacial score (nSPS) is 13.9. The van der Waals surface area contributed by atoms with Crippen LogP contribution in [0.15, 0.2) is 140 Å². The fourth-order valence-electron chi connectivity index (χ4n) is 6.02. The molecule has 0 N–H and O–H groups in total. The molecule has 1 unspecified atom stereocenters. The Balaban J connectivity index is 1.15. The minimum Gasteiger partial charge on any atom is -0.0622 e. The highest BCUT2D eigenvalue weighted by Gasteiger charge is 2.27. The van der Waals surface area contributed by atoms with Gasteiger partial charge in [0.2, 0.25) is 0 Å². The molecule has 0 amide bonds. The van der Waals surface area contributed by atoms with Crippen LogP contribution in [0.3, 0.4) is 0 Å². The van der Waals surface area contributed by atoms with Crippen LogP contribution in [-0.4, -0.2) is 0 Å². The zero-order valence-electron chi connectivity index (χ0n) is 20.8. The predicted octanol–water partition coefficient (Wildman–Crippen LogP) is 9.45. The summed E-state index contributed by atoms with van der Waals surface area (Å²) in [5, 5.41) is 2.72. The van der Waals surface area contributed by atoms with Crippen molar-refractivity contribution in [1.29, 1.82) is 0 Å². The topological polar surface area (TPSA) is 0 Å². The van der Waals surface area contributed by atoms with Crippen molar-refractivity contribution in [3.63, 3.8) is 0 Å². The first-order valence-electron chi connectivity index (χ1n) is 13.2. The smallest absolute Gasteiger partial charge is 0.0352 e. The fraction of sp³-hybridized carbons (Fsp3) is 0.0811. The van der Waals surface area contributed by atoms with Gasteiger partial charge < -0.3 is 0 Å². The van der Waals surface area contributed by atoms with E-state index in [-0.39, 0.29) is 5.92 Å². The molecule has 0 nitrogen and oxygen atoms in total. The predicted molar refractivity (Wildman–Crippen MR) is 156 cm³/mol. The Morgan fingerprint density at radius 2 is 0.973 bits per heavy atom. The van der Waals surface area contributed by atoms with Crippen molar-refractivity contribution in [1.82, 2.24) is 0 Å². The molecule has 37 heavy (non-hydrogen) atoms. The molecule has 1 atom stereocenters. The van der Waals surface area contributed by atoms with E-state index in [1.54, 1.807) is 0 Å². The molecule has 0 aromatic heterocycles. The minimum absolute atomic E-state index is 0.259. The molecule has 1 aliphatic carbocycles. The lowest BCUT2D eigenvalue weighted by Crippen LogP contribution is -2.10. The number of hydrogen-bond donors (Lipinski definition) is 0. The van der Waals surface area contributed by atoms with Crippen molar-refractivity contribution in [2.24, 2.45) is 0 Å². The maximum absolute atomic E-state index is 2.35. The number of rotatable bonds is 5. The summed E-state index contributed by atoms with van der Waals surface area (Å²) in [5.41, 5.74) is 12.2. The lowest BCUT2D eigenvalue weighted by molar-refractivity contribution is 0.946. The van der Waals surface area contributed by atoms with Crippen molar-refractivity contribution >= 4 is 10.8 Å². The third-order valence-corrected chi connectivity index (χ3v) is 7.89. The summed E-state index contributed by atoms with van der Waals surface area (Å²) in [6.07, 6.45) is 2.10. The highest BCUT2D eigenvalue weighted by atomic mass is 14.3. The lowest BCUT2D eigenvalue weighted by Gasteiger charge is -2.29. The van der Waals surface area contributed by atoms with Gasteiger partial charge in [0, 0.05) is 5.92 Å². The Labute approximate surface area is 218 Å². The van der Waals surface area contributed by atoms with Crippen molar-refractivity contribution < 1.29 is 0 Å². The van der Waals surface area contributed by atoms with Crippen molar-refractivity contribution in [2.45, 2.75) is 18.8 Å². The monoisotopic (exact) mass is 472 g/mol. The van der Waals surface area contributed by atoms with Crippen LogP contribution in [0, 0.1) is 0 Å². The van der Waals surface area contributed by atoms with Crippen LogP contribution in [0.2, 0.25) is 0 Å². The lowest BCUT2D eigenvalue weighted by atomic mass is 9.74. The molecule has 0 bridgehead atoms. The van der Waals surface area contributed by atoms with Gasteiger partial charge in [-0.3, -0.25) is 0 Å². The third kappa shape index (κ3) is 3.96. The van der Waals surface area contributed by atoms with Gasteiger partial charge in [0.05, 0.1) is 0 Å². The van der Waals surface area contributed by atoms with Gasteiger partial charge in [-0.25, -0.2) is 0 Å². The van der Waals surface area contributed by atoms with E-state index in [4.69, 9.17) is 0 Å². The SMILES string of the molecule is c1ccc(-c2ccc(CCc3ccc(C4c5ccccc5-c5cccc6cccc4c56)cc3)cc2)cc1. The molecule has 0 heterocycles. The van der Waals surface area contributed by atoms with Crippen LogP contribution in [-0.2, 0) is 12.8 Å². The summed E-state index contributed by atoms with van der Waals surface area (Å²) in [6.45, 7) is 0. The molecule has 6 aromatic rings. The van der Waals surface area contributed by atoms with E-state index in [0.717, 1.165) is 12.8 Å². The second-order valence-electron chi connectivity index (χ2n) is 10.1. The summed E-state index contributed by atoms with van der Waals surface area (Å²) in [5.74, 6) is 0.259. The van der Waals surface area contributed by atoms with E-state index < -0.39 is 0 Å². The van der Waals surface area contributed by atoms with Crippen LogP contribution in [0.4, 0.5) is 0 Å². The van der Waals surface area contributed by atoms with Gasteiger partial charge in [0.15, 0.2) is 0 Å². The molecule has 0 saturated heterocycles. The van der Waals surface area contributed by atoms with E-state index >= 15 is 0 Å². The second-order valence-corrected chi connectivity index (χ2v) is 10.1. The number of fused-ring (bicyclic) bond motifs is 2. The van der Waals surface area contributed by atoms with E-state index in [2.05, 4.69) is 140 Å². The van der Waals surface area contributed by atoms with Crippen molar-refractivity contribution in [2.75, 3.05) is 0 Å². The Kier molecular flexibility index (Phi) is 5.44. The van der Waals surface area contributed by atoms with Crippen LogP contribution in [0.1, 0.15) is 33.7 Å². The van der Waals surface area contributed by atoms with Crippen molar-refractivity contribution in [3.8, 4) is 22.3 Å². The van der Waals surface area contributed by atoms with Crippen molar-refractivity contribution in [3.05, 3.63) is 167 Å². The van der Waals surface area contributed by atoms with Gasteiger partial charge in [-0.1, -0.05) is 140 Å². The molecule has 0 saturated carbocycles. The van der Waals surface area contributed by atoms with E-state index in [9.17, 15) is 0 Å². The standard InChI is InChI=1S/C37H28/c1-2-8-28(9-3-1)29-22-18-26(19-23-29)16-17-27-20-24-31(25-21-27)37-33-13-5-4-12-32(33)34-14-6-10-30-11-7-15-35(37)36(30)34/h1-15,18-25,37H,16-17H2. The molecule has 176 valence electrons. The Hall–Kier alpha value is -4.42. The van der Waals surface area contributed by atoms with Gasteiger partial charge in [-0.2, -0.15) is 0 Å². The first-order valence-corrected chi connectivity index (χ1v) is 13.2. The average molecular weight is 473 g/mol. The van der Waals surface area contributed by atoms with Crippen LogP contribution >= 0.6 is 0 Å². The quantitative estimate of drug-likeness (QED) is 0.234. The largest absolute Gasteiger partial charge is 0.0622 e. The van der Waals surface area contributed by atoms with Gasteiger partial charge in [-0.05, 0) is 73.7 Å². The fourth-order valence-corrected chi connectivity index (χ4v) is 6.02. The van der Waals surface area contributed by atoms with E-state index in [0.29, 0.717) is 0 Å². The summed E-state index contributed by atoms with van der Waals surface area (Å²) in [7, 11) is 0. The molecular formula is C37H28. The van der Waals surface area contributed by atoms with Gasteiger partial charge in [0.25, 0.3) is 0 Å². The molecule has 7 rings (SSSR count). The van der Waals surface area contributed by atoms with Gasteiger partial charge >= 0.3 is 0 Å². The summed E-state index contributed by atoms with van der Waals surface area (Å²) >= 11 is 0. The highest BCUT2D eigenvalue weighted by Crippen LogP contribution is 2.47. The van der Waals surface area contributed by atoms with E-state index in [1.165, 1.54) is 60.8 Å². The highest BCUT2D eigenvalue weighted by molar-refractivity contribution is 6.03. The molecule has 0 radical (unpaired) electrons. The maximum atomic E-state index is 2.35. The Morgan fingerprint density at radius 3 is 1.73 bits per heavy atom. The molecular weight excluding hydrogens is 444 g/mol. The third-order valence-electron chi connectivity index (χ3n) is 7.89. The minimum atomic E-state index is 0.259. The number of aryl methyl sites for hydroxylation is 2. The molecule has 0 heteroatoms. The first-order chi connectivity index (χ1) is 18.3. The summed E-state index contributed by atoms with van der Waals surface area (Å²) in [6, 6.07) is 51.4.